The zero-order chi connectivity index (χ0) is 17.8. The molecule has 4 nitrogen and oxygen atoms in total. The van der Waals surface area contributed by atoms with Gasteiger partial charge in [0.25, 0.3) is 0 Å². The van der Waals surface area contributed by atoms with Crippen molar-refractivity contribution in [2.24, 2.45) is 4.99 Å². The largest absolute Gasteiger partial charge is 0.416 e. The molecule has 0 aliphatic heterocycles. The van der Waals surface area contributed by atoms with Crippen LogP contribution in [-0.2, 0) is 17.5 Å². The van der Waals surface area contributed by atoms with Gasteiger partial charge in [-0.3, -0.25) is 0 Å². The van der Waals surface area contributed by atoms with Gasteiger partial charge in [0.2, 0.25) is 0 Å². The summed E-state index contributed by atoms with van der Waals surface area (Å²) in [6.45, 7) is 4.35. The fourth-order valence-electron chi connectivity index (χ4n) is 2.11. The zero-order valence-electron chi connectivity index (χ0n) is 14.7. The molecule has 0 amide bonds. The molecule has 144 valence electrons. The molecule has 0 atom stereocenters. The number of benzene rings is 1. The van der Waals surface area contributed by atoms with Crippen molar-refractivity contribution < 1.29 is 17.9 Å². The average molecular weight is 473 g/mol. The maximum Gasteiger partial charge on any atom is 0.416 e. The summed E-state index contributed by atoms with van der Waals surface area (Å²) in [4.78, 5) is 4.34. The number of ether oxygens (including phenoxy) is 1. The predicted molar refractivity (Wildman–Crippen MR) is 105 cm³/mol. The number of unbranched alkanes of at least 4 members (excludes halogenated alkanes) is 2. The number of aliphatic imine (C=N–C) groups is 1. The van der Waals surface area contributed by atoms with Gasteiger partial charge in [0, 0.05) is 26.8 Å². The van der Waals surface area contributed by atoms with Crippen LogP contribution in [0.3, 0.4) is 0 Å². The number of halogens is 4. The van der Waals surface area contributed by atoms with E-state index in [0.717, 1.165) is 44.5 Å². The summed E-state index contributed by atoms with van der Waals surface area (Å²) in [6.07, 6.45) is -1.29. The minimum atomic E-state index is -4.33. The predicted octanol–water partition coefficient (Wildman–Crippen LogP) is 4.20. The van der Waals surface area contributed by atoms with E-state index in [9.17, 15) is 13.2 Å². The molecule has 1 aromatic rings. The highest BCUT2D eigenvalue weighted by molar-refractivity contribution is 14.0. The summed E-state index contributed by atoms with van der Waals surface area (Å²) in [6, 6.07) is 5.26. The van der Waals surface area contributed by atoms with E-state index in [1.54, 1.807) is 13.2 Å². The van der Waals surface area contributed by atoms with Gasteiger partial charge in [-0.2, -0.15) is 13.2 Å². The van der Waals surface area contributed by atoms with Gasteiger partial charge in [-0.05, 0) is 43.9 Å². The van der Waals surface area contributed by atoms with Gasteiger partial charge in [0.05, 0.1) is 12.1 Å². The van der Waals surface area contributed by atoms with Crippen molar-refractivity contribution in [3.05, 3.63) is 35.4 Å². The third-order valence-electron chi connectivity index (χ3n) is 3.34. The Bertz CT molecular complexity index is 510. The number of hydrogen-bond donors (Lipinski definition) is 2. The molecule has 0 spiro atoms. The highest BCUT2D eigenvalue weighted by Crippen LogP contribution is 2.29. The second kappa shape index (κ2) is 13.2. The van der Waals surface area contributed by atoms with Crippen LogP contribution in [0.4, 0.5) is 13.2 Å². The molecule has 1 aromatic carbocycles. The second-order valence-electron chi connectivity index (χ2n) is 5.37. The van der Waals surface area contributed by atoms with E-state index in [1.807, 2.05) is 6.92 Å². The van der Waals surface area contributed by atoms with Crippen LogP contribution in [0.5, 0.6) is 0 Å². The fourth-order valence-corrected chi connectivity index (χ4v) is 2.11. The van der Waals surface area contributed by atoms with E-state index in [1.165, 1.54) is 6.07 Å². The third kappa shape index (κ3) is 10.5. The number of nitrogens with zero attached hydrogens (tertiary/aromatic N) is 1. The molecule has 2 N–H and O–H groups in total. The van der Waals surface area contributed by atoms with Crippen molar-refractivity contribution in [1.29, 1.82) is 0 Å². The van der Waals surface area contributed by atoms with E-state index >= 15 is 0 Å². The molecule has 0 saturated carbocycles. The van der Waals surface area contributed by atoms with Crippen LogP contribution in [0.15, 0.2) is 29.3 Å². The lowest BCUT2D eigenvalue weighted by molar-refractivity contribution is -0.137. The van der Waals surface area contributed by atoms with Gasteiger partial charge in [0.1, 0.15) is 0 Å². The summed E-state index contributed by atoms with van der Waals surface area (Å²) in [7, 11) is 1.68. The van der Waals surface area contributed by atoms with E-state index < -0.39 is 11.7 Å². The molecule has 0 aromatic heterocycles. The molecule has 0 unspecified atom stereocenters. The molecule has 0 saturated heterocycles. The number of nitrogens with one attached hydrogen (secondary N) is 2. The van der Waals surface area contributed by atoms with Crippen LogP contribution in [0.25, 0.3) is 0 Å². The Kier molecular flexibility index (Phi) is 12.7. The topological polar surface area (TPSA) is 45.7 Å². The Labute approximate surface area is 164 Å². The summed E-state index contributed by atoms with van der Waals surface area (Å²) >= 11 is 0. The quantitative estimate of drug-likeness (QED) is 0.245. The first-order valence-electron chi connectivity index (χ1n) is 8.14. The highest BCUT2D eigenvalue weighted by atomic mass is 127. The van der Waals surface area contributed by atoms with Gasteiger partial charge in [-0.15, -0.1) is 24.0 Å². The van der Waals surface area contributed by atoms with Crippen molar-refractivity contribution >= 4 is 29.9 Å². The minimum Gasteiger partial charge on any atom is -0.385 e. The number of rotatable bonds is 9. The summed E-state index contributed by atoms with van der Waals surface area (Å²) < 4.78 is 43.1. The Morgan fingerprint density at radius 2 is 1.92 bits per heavy atom. The maximum atomic E-state index is 12.7. The lowest BCUT2D eigenvalue weighted by Gasteiger charge is -2.12. The average Bonchev–Trinajstić information content (AvgIpc) is 2.55. The first kappa shape index (κ1) is 24.0. The second-order valence-corrected chi connectivity index (χ2v) is 5.37. The van der Waals surface area contributed by atoms with Crippen molar-refractivity contribution in [2.45, 2.75) is 38.9 Å². The molecule has 0 aliphatic rings. The van der Waals surface area contributed by atoms with Crippen LogP contribution in [0.2, 0.25) is 0 Å². The van der Waals surface area contributed by atoms with Crippen molar-refractivity contribution in [2.75, 3.05) is 26.8 Å². The normalized spacial score (nSPS) is 11.8. The van der Waals surface area contributed by atoms with Crippen molar-refractivity contribution in [3.63, 3.8) is 0 Å². The first-order chi connectivity index (χ1) is 11.5. The monoisotopic (exact) mass is 473 g/mol. The molecule has 0 radical (unpaired) electrons. The van der Waals surface area contributed by atoms with Gasteiger partial charge in [-0.1, -0.05) is 12.1 Å². The van der Waals surface area contributed by atoms with Crippen LogP contribution in [-0.4, -0.2) is 32.8 Å². The summed E-state index contributed by atoms with van der Waals surface area (Å²) in [5.41, 5.74) is -0.117. The Morgan fingerprint density at radius 1 is 1.16 bits per heavy atom. The molecule has 0 fully saturated rings. The summed E-state index contributed by atoms with van der Waals surface area (Å²) in [5.74, 6) is 0.613. The van der Waals surface area contributed by atoms with Gasteiger partial charge in [-0.25, -0.2) is 4.99 Å². The van der Waals surface area contributed by atoms with E-state index in [4.69, 9.17) is 4.74 Å². The van der Waals surface area contributed by atoms with E-state index in [-0.39, 0.29) is 30.5 Å². The third-order valence-corrected chi connectivity index (χ3v) is 3.34. The maximum absolute atomic E-state index is 12.7. The molecule has 0 bridgehead atoms. The van der Waals surface area contributed by atoms with Crippen LogP contribution >= 0.6 is 24.0 Å². The zero-order valence-corrected chi connectivity index (χ0v) is 17.0. The Morgan fingerprint density at radius 3 is 2.56 bits per heavy atom. The molecule has 0 aliphatic carbocycles. The van der Waals surface area contributed by atoms with Gasteiger partial charge >= 0.3 is 6.18 Å². The number of guanidine groups is 1. The Hall–Kier alpha value is -1.03. The van der Waals surface area contributed by atoms with Gasteiger partial charge < -0.3 is 15.4 Å². The van der Waals surface area contributed by atoms with Crippen molar-refractivity contribution in [1.82, 2.24) is 10.6 Å². The molecule has 0 heterocycles. The lowest BCUT2D eigenvalue weighted by Crippen LogP contribution is -2.37. The van der Waals surface area contributed by atoms with Gasteiger partial charge in [0.15, 0.2) is 5.96 Å². The molecule has 25 heavy (non-hydrogen) atoms. The molecule has 1 rings (SSSR count). The standard InChI is InChI=1S/C17H26F3N3O.HI/c1-3-21-16(22-10-5-4-6-11-24-2)23-13-14-8-7-9-15(12-14)17(18,19)20;/h7-9,12H,3-6,10-11,13H2,1-2H3,(H2,21,22,23);1H. The molecular weight excluding hydrogens is 446 g/mol. The Balaban J connectivity index is 0.00000576. The van der Waals surface area contributed by atoms with Crippen LogP contribution in [0, 0.1) is 0 Å². The number of methoxy groups -OCH3 is 1. The van der Waals surface area contributed by atoms with E-state index in [2.05, 4.69) is 15.6 Å². The fraction of sp³-hybridized carbons (Fsp3) is 0.588. The number of alkyl halides is 3. The van der Waals surface area contributed by atoms with Crippen molar-refractivity contribution in [3.8, 4) is 0 Å². The van der Waals surface area contributed by atoms with Crippen LogP contribution < -0.4 is 10.6 Å². The number of hydrogen-bond acceptors (Lipinski definition) is 2. The molecular formula is C17H27F3IN3O. The SMILES string of the molecule is CCNC(=NCc1cccc(C(F)(F)F)c1)NCCCCCOC.I. The van der Waals surface area contributed by atoms with E-state index in [0.29, 0.717) is 18.1 Å². The lowest BCUT2D eigenvalue weighted by atomic mass is 10.1. The highest BCUT2D eigenvalue weighted by Gasteiger charge is 2.30. The summed E-state index contributed by atoms with van der Waals surface area (Å²) in [5, 5.41) is 6.28. The van der Waals surface area contributed by atoms with Crippen LogP contribution in [0.1, 0.15) is 37.3 Å². The first-order valence-corrected chi connectivity index (χ1v) is 8.14. The molecule has 8 heteroatoms. The minimum absolute atomic E-state index is 0. The smallest absolute Gasteiger partial charge is 0.385 e.